The van der Waals surface area contributed by atoms with Crippen molar-refractivity contribution in [2.45, 2.75) is 102 Å². The maximum Gasteiger partial charge on any atom is 0.118 e. The minimum absolute atomic E-state index is 0.290. The molecule has 2 heterocycles. The third kappa shape index (κ3) is 10.9. The Balaban J connectivity index is 1.25. The summed E-state index contributed by atoms with van der Waals surface area (Å²) < 4.78 is 0. The van der Waals surface area contributed by atoms with Crippen LogP contribution in [0.2, 0.25) is 0 Å². The molecule has 2 N–H and O–H groups in total. The number of aromatic hydroxyl groups is 2. The lowest BCUT2D eigenvalue weighted by Crippen LogP contribution is -2.29. The molecule has 278 valence electrons. The van der Waals surface area contributed by atoms with Crippen molar-refractivity contribution in [2.24, 2.45) is 0 Å². The standard InChI is InChI=1S/C47H63N3O2/c1-47(43-21-23-45(51)41(35-43)25-33-48-28-12-2-3-13-29-48,44-22-24-46(52)42(36-44)26-34-49-30-14-4-5-15-31-49)27-16-32-50(37-39-17-8-6-9-18-39)38-40-19-10-7-11-20-40/h6-11,17-24,35-36,51-52H,2-5,12-16,25-34,37-38H2,1H3. The minimum atomic E-state index is -0.290. The van der Waals surface area contributed by atoms with Gasteiger partial charge in [0.1, 0.15) is 11.5 Å². The van der Waals surface area contributed by atoms with Crippen LogP contribution in [0.3, 0.4) is 0 Å². The van der Waals surface area contributed by atoms with Gasteiger partial charge in [-0.05, 0) is 130 Å². The average Bonchev–Trinajstić information content (AvgIpc) is 3.60. The summed E-state index contributed by atoms with van der Waals surface area (Å²) in [5.41, 5.74) is 6.96. The number of benzene rings is 4. The lowest BCUT2D eigenvalue weighted by Gasteiger charge is -2.34. The number of hydrogen-bond acceptors (Lipinski definition) is 5. The van der Waals surface area contributed by atoms with Crippen molar-refractivity contribution in [3.63, 3.8) is 0 Å². The van der Waals surface area contributed by atoms with E-state index in [-0.39, 0.29) is 5.41 Å². The van der Waals surface area contributed by atoms with Gasteiger partial charge >= 0.3 is 0 Å². The number of phenols is 2. The van der Waals surface area contributed by atoms with Crippen LogP contribution in [0, 0.1) is 0 Å². The largest absolute Gasteiger partial charge is 0.508 e. The van der Waals surface area contributed by atoms with Crippen LogP contribution in [0.5, 0.6) is 11.5 Å². The number of rotatable bonds is 16. The Kier molecular flexibility index (Phi) is 14.2. The van der Waals surface area contributed by atoms with Crippen LogP contribution in [0.4, 0.5) is 0 Å². The number of likely N-dealkylation sites (tertiary alicyclic amines) is 2. The Morgan fingerprint density at radius 3 is 1.40 bits per heavy atom. The Morgan fingerprint density at radius 1 is 0.558 bits per heavy atom. The van der Waals surface area contributed by atoms with E-state index in [1.54, 1.807) is 0 Å². The molecule has 0 aliphatic carbocycles. The summed E-state index contributed by atoms with van der Waals surface area (Å²) >= 11 is 0. The van der Waals surface area contributed by atoms with Crippen LogP contribution >= 0.6 is 0 Å². The van der Waals surface area contributed by atoms with Gasteiger partial charge in [0.05, 0.1) is 0 Å². The topological polar surface area (TPSA) is 50.2 Å². The Labute approximate surface area is 314 Å². The molecule has 0 saturated carbocycles. The molecule has 2 fully saturated rings. The fourth-order valence-electron chi connectivity index (χ4n) is 8.54. The van der Waals surface area contributed by atoms with Crippen molar-refractivity contribution in [3.8, 4) is 11.5 Å². The van der Waals surface area contributed by atoms with Crippen molar-refractivity contribution < 1.29 is 10.2 Å². The molecule has 52 heavy (non-hydrogen) atoms. The zero-order valence-electron chi connectivity index (χ0n) is 31.8. The monoisotopic (exact) mass is 701 g/mol. The summed E-state index contributed by atoms with van der Waals surface area (Å²) in [6.07, 6.45) is 14.1. The second kappa shape index (κ2) is 19.4. The predicted molar refractivity (Wildman–Crippen MR) is 216 cm³/mol. The first kappa shape index (κ1) is 38.1. The fraction of sp³-hybridized carbons (Fsp3) is 0.489. The molecule has 0 radical (unpaired) electrons. The fourth-order valence-corrected chi connectivity index (χ4v) is 8.54. The molecule has 0 atom stereocenters. The van der Waals surface area contributed by atoms with E-state index in [1.165, 1.54) is 73.6 Å². The molecular weight excluding hydrogens is 639 g/mol. The molecule has 6 rings (SSSR count). The van der Waals surface area contributed by atoms with E-state index in [4.69, 9.17) is 0 Å². The van der Waals surface area contributed by atoms with E-state index in [2.05, 4.69) is 107 Å². The van der Waals surface area contributed by atoms with Crippen molar-refractivity contribution in [1.29, 1.82) is 0 Å². The Morgan fingerprint density at radius 2 is 0.981 bits per heavy atom. The number of phenolic OH excluding ortho intramolecular Hbond substituents is 2. The number of hydrogen-bond donors (Lipinski definition) is 2. The van der Waals surface area contributed by atoms with E-state index in [0.29, 0.717) is 11.5 Å². The molecule has 0 aromatic heterocycles. The highest BCUT2D eigenvalue weighted by atomic mass is 16.3. The molecule has 0 unspecified atom stereocenters. The van der Waals surface area contributed by atoms with E-state index in [0.717, 1.165) is 95.7 Å². The third-order valence-corrected chi connectivity index (χ3v) is 11.9. The van der Waals surface area contributed by atoms with Gasteiger partial charge in [0.15, 0.2) is 0 Å². The van der Waals surface area contributed by atoms with Crippen molar-refractivity contribution in [3.05, 3.63) is 130 Å². The average molecular weight is 702 g/mol. The highest BCUT2D eigenvalue weighted by Crippen LogP contribution is 2.40. The minimum Gasteiger partial charge on any atom is -0.508 e. The van der Waals surface area contributed by atoms with Crippen LogP contribution in [0.1, 0.15) is 105 Å². The maximum absolute atomic E-state index is 11.1. The Hall–Kier alpha value is -3.64. The SMILES string of the molecule is CC(CCCN(Cc1ccccc1)Cc1ccccc1)(c1ccc(O)c(CCN2CCCCCC2)c1)c1ccc(O)c(CCN2CCCCCC2)c1. The van der Waals surface area contributed by atoms with Gasteiger partial charge in [0.2, 0.25) is 0 Å². The van der Waals surface area contributed by atoms with Gasteiger partial charge in [0, 0.05) is 31.6 Å². The van der Waals surface area contributed by atoms with Crippen LogP contribution in [0.15, 0.2) is 97.1 Å². The van der Waals surface area contributed by atoms with Gasteiger partial charge in [0.25, 0.3) is 0 Å². The van der Waals surface area contributed by atoms with Crippen molar-refractivity contribution >= 4 is 0 Å². The normalized spacial score (nSPS) is 16.5. The molecule has 4 aromatic carbocycles. The van der Waals surface area contributed by atoms with E-state index in [1.807, 2.05) is 12.1 Å². The van der Waals surface area contributed by atoms with Crippen LogP contribution in [-0.4, -0.2) is 70.7 Å². The quantitative estimate of drug-likeness (QED) is 0.122. The molecule has 5 nitrogen and oxygen atoms in total. The molecule has 4 aromatic rings. The van der Waals surface area contributed by atoms with Gasteiger partial charge in [-0.2, -0.15) is 0 Å². The highest BCUT2D eigenvalue weighted by Gasteiger charge is 2.31. The zero-order chi connectivity index (χ0) is 36.0. The highest BCUT2D eigenvalue weighted by molar-refractivity contribution is 5.48. The third-order valence-electron chi connectivity index (χ3n) is 11.9. The Bertz CT molecular complexity index is 1510. The van der Waals surface area contributed by atoms with Crippen LogP contribution in [0.25, 0.3) is 0 Å². The zero-order valence-corrected chi connectivity index (χ0v) is 31.8. The van der Waals surface area contributed by atoms with Gasteiger partial charge in [-0.1, -0.05) is 118 Å². The molecule has 2 aliphatic heterocycles. The molecule has 5 heteroatoms. The van der Waals surface area contributed by atoms with E-state index >= 15 is 0 Å². The maximum atomic E-state index is 11.1. The molecule has 0 amide bonds. The first-order chi connectivity index (χ1) is 25.5. The van der Waals surface area contributed by atoms with Gasteiger partial charge in [-0.25, -0.2) is 0 Å². The lowest BCUT2D eigenvalue weighted by atomic mass is 9.72. The molecule has 2 aliphatic rings. The molecule has 0 spiro atoms. The summed E-state index contributed by atoms with van der Waals surface area (Å²) in [6.45, 7) is 11.8. The van der Waals surface area contributed by atoms with Gasteiger partial charge in [-0.15, -0.1) is 0 Å². The van der Waals surface area contributed by atoms with Crippen LogP contribution < -0.4 is 0 Å². The van der Waals surface area contributed by atoms with Crippen molar-refractivity contribution in [1.82, 2.24) is 14.7 Å². The second-order valence-corrected chi connectivity index (χ2v) is 15.8. The molecule has 0 bridgehead atoms. The van der Waals surface area contributed by atoms with Crippen molar-refractivity contribution in [2.75, 3.05) is 45.8 Å². The lowest BCUT2D eigenvalue weighted by molar-refractivity contribution is 0.244. The predicted octanol–water partition coefficient (Wildman–Crippen LogP) is 9.72. The summed E-state index contributed by atoms with van der Waals surface area (Å²) in [6, 6.07) is 34.4. The van der Waals surface area contributed by atoms with E-state index in [9.17, 15) is 10.2 Å². The number of nitrogens with zero attached hydrogens (tertiary/aromatic N) is 3. The molecular formula is C47H63N3O2. The summed E-state index contributed by atoms with van der Waals surface area (Å²) in [4.78, 5) is 7.75. The second-order valence-electron chi connectivity index (χ2n) is 15.8. The molecule has 2 saturated heterocycles. The van der Waals surface area contributed by atoms with Gasteiger partial charge in [-0.3, -0.25) is 4.90 Å². The smallest absolute Gasteiger partial charge is 0.118 e. The van der Waals surface area contributed by atoms with E-state index < -0.39 is 0 Å². The summed E-state index contributed by atoms with van der Waals surface area (Å²) in [5, 5.41) is 22.2. The first-order valence-corrected chi connectivity index (χ1v) is 20.4. The summed E-state index contributed by atoms with van der Waals surface area (Å²) in [7, 11) is 0. The van der Waals surface area contributed by atoms with Crippen LogP contribution in [-0.2, 0) is 31.3 Å². The summed E-state index contributed by atoms with van der Waals surface area (Å²) in [5.74, 6) is 0.809. The van der Waals surface area contributed by atoms with Gasteiger partial charge < -0.3 is 20.0 Å². The first-order valence-electron chi connectivity index (χ1n) is 20.4.